The summed E-state index contributed by atoms with van der Waals surface area (Å²) in [5.74, 6) is -1.34. The standard InChI is InChI=1S/C36H37O11PS/c1-26-11-9-16-29(19-26)22-42-34-33(46-36(38)35(34)43-23-30-17-10-18-31(20-30)49(2,40)41)32(21-37)47-48(39,44-24-27-12-5-3-6-13-27)45-25-28-14-7-4-8-15-28/h3-20,32-33,37H,21-25H2,1-2H3/t32-,33+/m0/s1. The van der Waals surface area contributed by atoms with Crippen molar-refractivity contribution in [3.63, 3.8) is 0 Å². The van der Waals surface area contributed by atoms with Crippen molar-refractivity contribution >= 4 is 23.6 Å². The normalized spacial score (nSPS) is 15.6. The van der Waals surface area contributed by atoms with Gasteiger partial charge in [-0.05, 0) is 41.3 Å². The molecule has 0 radical (unpaired) electrons. The molecule has 4 aromatic rings. The summed E-state index contributed by atoms with van der Waals surface area (Å²) in [5.41, 5.74) is 3.61. The lowest BCUT2D eigenvalue weighted by atomic mass is 10.1. The van der Waals surface area contributed by atoms with Crippen LogP contribution in [-0.2, 0) is 73.4 Å². The fraction of sp³-hybridized carbons (Fsp3) is 0.250. The van der Waals surface area contributed by atoms with E-state index in [1.807, 2.05) is 43.3 Å². The van der Waals surface area contributed by atoms with E-state index in [4.69, 9.17) is 27.8 Å². The Labute approximate surface area is 285 Å². The van der Waals surface area contributed by atoms with Crippen molar-refractivity contribution in [3.8, 4) is 0 Å². The van der Waals surface area contributed by atoms with Gasteiger partial charge in [-0.2, -0.15) is 0 Å². The molecule has 49 heavy (non-hydrogen) atoms. The zero-order chi connectivity index (χ0) is 34.9. The monoisotopic (exact) mass is 708 g/mol. The van der Waals surface area contributed by atoms with Crippen molar-refractivity contribution < 1.29 is 50.7 Å². The van der Waals surface area contributed by atoms with Gasteiger partial charge in [-0.1, -0.05) is 103 Å². The van der Waals surface area contributed by atoms with Crippen LogP contribution in [0.2, 0.25) is 0 Å². The fourth-order valence-corrected chi connectivity index (χ4v) is 6.87. The number of aliphatic hydroxyl groups excluding tert-OH is 1. The lowest BCUT2D eigenvalue weighted by Gasteiger charge is -2.27. The van der Waals surface area contributed by atoms with E-state index < -0.39 is 42.4 Å². The van der Waals surface area contributed by atoms with Gasteiger partial charge in [-0.25, -0.2) is 17.8 Å². The van der Waals surface area contributed by atoms with Gasteiger partial charge in [-0.3, -0.25) is 13.6 Å². The molecule has 258 valence electrons. The van der Waals surface area contributed by atoms with Crippen molar-refractivity contribution in [2.24, 2.45) is 0 Å². The Bertz CT molecular complexity index is 1870. The van der Waals surface area contributed by atoms with Crippen LogP contribution >= 0.6 is 7.82 Å². The first-order valence-corrected chi connectivity index (χ1v) is 18.7. The van der Waals surface area contributed by atoms with Gasteiger partial charge in [0.1, 0.15) is 19.3 Å². The molecule has 0 spiro atoms. The summed E-state index contributed by atoms with van der Waals surface area (Å²) in [6, 6.07) is 31.6. The summed E-state index contributed by atoms with van der Waals surface area (Å²) in [6.07, 6.45) is -1.79. The number of hydrogen-bond acceptors (Lipinski definition) is 11. The van der Waals surface area contributed by atoms with E-state index in [2.05, 4.69) is 0 Å². The highest BCUT2D eigenvalue weighted by molar-refractivity contribution is 7.90. The van der Waals surface area contributed by atoms with Gasteiger partial charge >= 0.3 is 13.8 Å². The highest BCUT2D eigenvalue weighted by atomic mass is 32.2. The zero-order valence-corrected chi connectivity index (χ0v) is 28.7. The molecule has 1 aliphatic heterocycles. The molecule has 0 aromatic heterocycles. The molecule has 0 saturated heterocycles. The molecule has 0 aliphatic carbocycles. The Balaban J connectivity index is 1.42. The van der Waals surface area contributed by atoms with Crippen LogP contribution in [0.25, 0.3) is 0 Å². The molecular formula is C36H37O11PS. The first-order valence-electron chi connectivity index (χ1n) is 15.3. The van der Waals surface area contributed by atoms with Crippen molar-refractivity contribution in [1.82, 2.24) is 0 Å². The molecule has 13 heteroatoms. The third-order valence-electron chi connectivity index (χ3n) is 7.33. The van der Waals surface area contributed by atoms with Crippen LogP contribution in [0, 0.1) is 6.92 Å². The van der Waals surface area contributed by atoms with Gasteiger partial charge in [0.2, 0.25) is 5.76 Å². The van der Waals surface area contributed by atoms with E-state index >= 15 is 0 Å². The second-order valence-electron chi connectivity index (χ2n) is 11.3. The molecule has 1 N–H and O–H groups in total. The van der Waals surface area contributed by atoms with Crippen molar-refractivity contribution in [2.45, 2.75) is 50.5 Å². The molecule has 1 heterocycles. The number of phosphoric acid groups is 1. The Morgan fingerprint density at radius 2 is 1.31 bits per heavy atom. The number of sulfone groups is 1. The lowest BCUT2D eigenvalue weighted by molar-refractivity contribution is -0.148. The highest BCUT2D eigenvalue weighted by Crippen LogP contribution is 2.53. The fourth-order valence-electron chi connectivity index (χ4n) is 4.86. The maximum Gasteiger partial charge on any atom is 0.475 e. The maximum atomic E-state index is 14.1. The van der Waals surface area contributed by atoms with E-state index in [1.165, 1.54) is 12.1 Å². The predicted octanol–water partition coefficient (Wildman–Crippen LogP) is 6.19. The van der Waals surface area contributed by atoms with Crippen molar-refractivity contribution in [3.05, 3.63) is 149 Å². The number of hydrogen-bond donors (Lipinski definition) is 1. The molecular weight excluding hydrogens is 671 g/mol. The number of esters is 1. The first kappa shape index (κ1) is 36.0. The maximum absolute atomic E-state index is 14.1. The summed E-state index contributed by atoms with van der Waals surface area (Å²) in [4.78, 5) is 13.3. The zero-order valence-electron chi connectivity index (χ0n) is 27.0. The van der Waals surface area contributed by atoms with Gasteiger partial charge in [0.15, 0.2) is 21.7 Å². The second kappa shape index (κ2) is 16.4. The average Bonchev–Trinajstić information content (AvgIpc) is 3.42. The first-order chi connectivity index (χ1) is 23.5. The Morgan fingerprint density at radius 1 is 0.755 bits per heavy atom. The number of aryl methyl sites for hydroxylation is 1. The average molecular weight is 709 g/mol. The lowest BCUT2D eigenvalue weighted by Crippen LogP contribution is -2.35. The van der Waals surface area contributed by atoms with E-state index in [1.54, 1.807) is 60.7 Å². The topological polar surface area (TPSA) is 144 Å². The van der Waals surface area contributed by atoms with Gasteiger partial charge in [-0.15, -0.1) is 0 Å². The number of benzene rings is 4. The van der Waals surface area contributed by atoms with Crippen LogP contribution in [-0.4, -0.2) is 44.6 Å². The third kappa shape index (κ3) is 10.1. The number of phosphoric ester groups is 1. The number of carbonyl (C=O) groups is 1. The van der Waals surface area contributed by atoms with Crippen LogP contribution in [0.1, 0.15) is 27.8 Å². The van der Waals surface area contributed by atoms with Crippen LogP contribution in [0.4, 0.5) is 0 Å². The van der Waals surface area contributed by atoms with Gasteiger partial charge in [0, 0.05) is 6.26 Å². The number of rotatable bonds is 17. The summed E-state index contributed by atoms with van der Waals surface area (Å²) in [6.45, 7) is 0.663. The van der Waals surface area contributed by atoms with Gasteiger partial charge in [0.25, 0.3) is 0 Å². The van der Waals surface area contributed by atoms with E-state index in [0.29, 0.717) is 16.7 Å². The van der Waals surface area contributed by atoms with Crippen LogP contribution < -0.4 is 0 Å². The Hall–Kier alpha value is -4.29. The summed E-state index contributed by atoms with van der Waals surface area (Å²) >= 11 is 0. The molecule has 0 saturated carbocycles. The molecule has 5 rings (SSSR count). The molecule has 2 atom stereocenters. The van der Waals surface area contributed by atoms with E-state index in [0.717, 1.165) is 17.4 Å². The minimum absolute atomic E-state index is 0.00853. The molecule has 11 nitrogen and oxygen atoms in total. The van der Waals surface area contributed by atoms with Gasteiger partial charge in [0.05, 0.1) is 24.7 Å². The Kier molecular flexibility index (Phi) is 12.1. The number of aliphatic hydroxyl groups is 1. The quantitative estimate of drug-likeness (QED) is 0.0991. The van der Waals surface area contributed by atoms with Gasteiger partial charge < -0.3 is 19.3 Å². The van der Waals surface area contributed by atoms with Crippen LogP contribution in [0.15, 0.2) is 126 Å². The predicted molar refractivity (Wildman–Crippen MR) is 179 cm³/mol. The smallest absolute Gasteiger partial charge is 0.475 e. The minimum atomic E-state index is -4.44. The third-order valence-corrected chi connectivity index (χ3v) is 9.86. The molecule has 4 aromatic carbocycles. The Morgan fingerprint density at radius 3 is 1.88 bits per heavy atom. The summed E-state index contributed by atoms with van der Waals surface area (Å²) in [5, 5.41) is 10.5. The molecule has 0 bridgehead atoms. The molecule has 1 aliphatic rings. The molecule has 0 amide bonds. The molecule has 0 unspecified atom stereocenters. The van der Waals surface area contributed by atoms with Crippen molar-refractivity contribution in [1.29, 1.82) is 0 Å². The van der Waals surface area contributed by atoms with E-state index in [9.17, 15) is 22.9 Å². The van der Waals surface area contributed by atoms with Crippen LogP contribution in [0.3, 0.4) is 0 Å². The van der Waals surface area contributed by atoms with Crippen molar-refractivity contribution in [2.75, 3.05) is 12.9 Å². The largest absolute Gasteiger partial charge is 0.485 e. The second-order valence-corrected chi connectivity index (χ2v) is 14.9. The molecule has 0 fully saturated rings. The number of ether oxygens (including phenoxy) is 3. The number of cyclic esters (lactones) is 1. The summed E-state index contributed by atoms with van der Waals surface area (Å²) in [7, 11) is -7.93. The SMILES string of the molecule is Cc1cccc(COC2=C(OCc3cccc(S(C)(=O)=O)c3)C(=O)O[C@@H]2[C@H](CO)OP(=O)(OCc2ccccc2)OCc2ccccc2)c1. The van der Waals surface area contributed by atoms with E-state index in [-0.39, 0.29) is 42.8 Å². The summed E-state index contributed by atoms with van der Waals surface area (Å²) < 4.78 is 73.2. The minimum Gasteiger partial charge on any atom is -0.485 e. The van der Waals surface area contributed by atoms with Crippen LogP contribution in [0.5, 0.6) is 0 Å². The number of carbonyl (C=O) groups excluding carboxylic acids is 1. The highest BCUT2D eigenvalue weighted by Gasteiger charge is 2.46.